The number of halogens is 4. The van der Waals surface area contributed by atoms with Crippen molar-refractivity contribution in [1.29, 1.82) is 0 Å². The molecule has 9 aromatic rings. The van der Waals surface area contributed by atoms with Crippen molar-refractivity contribution in [1.82, 2.24) is 74.9 Å². The van der Waals surface area contributed by atoms with Crippen molar-refractivity contribution in [3.05, 3.63) is 180 Å². The molecule has 0 spiro atoms. The van der Waals surface area contributed by atoms with E-state index in [0.717, 1.165) is 158 Å². The highest BCUT2D eigenvalue weighted by Crippen LogP contribution is 2.34. The van der Waals surface area contributed by atoms with Crippen molar-refractivity contribution in [2.45, 2.75) is 121 Å². The zero-order valence-corrected chi connectivity index (χ0v) is 58.1. The summed E-state index contributed by atoms with van der Waals surface area (Å²) < 4.78 is 69.1. The number of carbonyl (C=O) groups excluding carboxylic acids is 3. The summed E-state index contributed by atoms with van der Waals surface area (Å²) in [5, 5.41) is 25.3. The Hall–Kier alpha value is -9.85. The molecule has 6 aliphatic rings. The van der Waals surface area contributed by atoms with Gasteiger partial charge in [0.1, 0.15) is 29.4 Å². The lowest BCUT2D eigenvalue weighted by Crippen LogP contribution is -2.46. The standard InChI is InChI=1S/C26H31FN6O.C25H28F2N6O.C25H28FN5O2/c1-17-10-25(27)24(26(34)30-19-4-5-19)12-23(17)18-13-29-33(16-18)22-11-21(14-28-15-22)32-8-6-20(7-9-32)31(2)3;1-15-7-22(26)21(25(34)31-17-3-4-17)9-20(15)16-10-29-33(13-16)19-8-18(11-28-12-19)30-24-5-6-32(2)14-23(24)27;1-16-7-24(26)23(25(32)29-19-3-4-19)9-22(16)18-10-28-31(14-18)20-8-21(12-27-11-20)33-15-17-5-6-30(2)13-17/h10-16,19-20H,4-9H2,1-3H3,(H,30,34);7-13,17,23-24,30H,3-6,14H2,1-2H3,(H,31,34);7-12,14,17,19H,3-6,13,15H2,1-2H3,(H,29,32)/t;23-,24+;17-/m.00/s1. The third kappa shape index (κ3) is 17.3. The normalized spacial score (nSPS) is 18.7. The van der Waals surface area contributed by atoms with Crippen LogP contribution in [0.5, 0.6) is 5.75 Å². The van der Waals surface area contributed by atoms with Gasteiger partial charge in [-0.1, -0.05) is 0 Å². The Balaban J connectivity index is 0.000000135. The molecule has 0 radical (unpaired) electrons. The molecule has 0 unspecified atom stereocenters. The van der Waals surface area contributed by atoms with Gasteiger partial charge in [-0.3, -0.25) is 29.3 Å². The number of nitrogens with zero attached hydrogens (tertiary/aromatic N) is 13. The number of carbonyl (C=O) groups is 3. The molecule has 6 aromatic heterocycles. The molecule has 3 aromatic carbocycles. The summed E-state index contributed by atoms with van der Waals surface area (Å²) in [6.07, 6.45) is 30.0. The van der Waals surface area contributed by atoms with E-state index in [-0.39, 0.29) is 52.7 Å². The van der Waals surface area contributed by atoms with Gasteiger partial charge in [0.25, 0.3) is 17.7 Å². The maximum Gasteiger partial charge on any atom is 0.254 e. The third-order valence-electron chi connectivity index (χ3n) is 19.7. The first-order valence-electron chi connectivity index (χ1n) is 34.9. The molecular weight excluding hydrogens is 1290 g/mol. The summed E-state index contributed by atoms with van der Waals surface area (Å²) in [5.41, 5.74) is 11.2. The van der Waals surface area contributed by atoms with Crippen LogP contribution in [0.3, 0.4) is 0 Å². The highest BCUT2D eigenvalue weighted by Gasteiger charge is 2.31. The number of amides is 3. The molecule has 3 amide bonds. The van der Waals surface area contributed by atoms with Gasteiger partial charge >= 0.3 is 0 Å². The van der Waals surface area contributed by atoms with E-state index >= 15 is 0 Å². The van der Waals surface area contributed by atoms with E-state index in [9.17, 15) is 31.9 Å². The number of aryl methyl sites for hydroxylation is 3. The maximum absolute atomic E-state index is 14.5. The van der Waals surface area contributed by atoms with Crippen LogP contribution < -0.4 is 30.9 Å². The number of pyridine rings is 3. The maximum atomic E-state index is 14.5. The van der Waals surface area contributed by atoms with E-state index in [2.05, 4.69) is 93.4 Å². The van der Waals surface area contributed by atoms with Gasteiger partial charge in [-0.15, -0.1) is 0 Å². The average molecular weight is 1380 g/mol. The topological polar surface area (TPSA) is 214 Å². The molecule has 0 bridgehead atoms. The summed E-state index contributed by atoms with van der Waals surface area (Å²) in [6, 6.07) is 15.8. The number of piperidine rings is 2. The molecule has 528 valence electrons. The zero-order chi connectivity index (χ0) is 70.6. The predicted octanol–water partition coefficient (Wildman–Crippen LogP) is 11.1. The number of hydrogen-bond acceptors (Lipinski definition) is 15. The number of anilines is 2. The third-order valence-corrected chi connectivity index (χ3v) is 19.7. The number of aromatic nitrogens is 9. The van der Waals surface area contributed by atoms with Crippen molar-refractivity contribution in [2.24, 2.45) is 5.92 Å². The molecule has 25 heteroatoms. The number of ether oxygens (including phenoxy) is 1. The molecule has 3 saturated heterocycles. The monoisotopic (exact) mass is 1380 g/mol. The van der Waals surface area contributed by atoms with Crippen LogP contribution in [0, 0.1) is 44.1 Å². The highest BCUT2D eigenvalue weighted by molar-refractivity contribution is 5.98. The second-order valence-corrected chi connectivity index (χ2v) is 28.1. The second-order valence-electron chi connectivity index (χ2n) is 28.1. The fourth-order valence-corrected chi connectivity index (χ4v) is 13.2. The van der Waals surface area contributed by atoms with E-state index in [0.29, 0.717) is 48.5 Å². The van der Waals surface area contributed by atoms with Crippen molar-refractivity contribution < 1.29 is 36.7 Å². The second kappa shape index (κ2) is 30.5. The minimum atomic E-state index is -0.952. The Morgan fingerprint density at radius 2 is 0.921 bits per heavy atom. The molecule has 101 heavy (non-hydrogen) atoms. The molecule has 9 heterocycles. The first-order chi connectivity index (χ1) is 48.7. The molecule has 3 saturated carbocycles. The lowest BCUT2D eigenvalue weighted by molar-refractivity contribution is 0.0938. The smallest absolute Gasteiger partial charge is 0.254 e. The summed E-state index contributed by atoms with van der Waals surface area (Å²) in [7, 11) is 8.33. The molecule has 4 N–H and O–H groups in total. The van der Waals surface area contributed by atoms with Gasteiger partial charge in [0.05, 0.1) is 114 Å². The summed E-state index contributed by atoms with van der Waals surface area (Å²) >= 11 is 0. The Morgan fingerprint density at radius 3 is 1.37 bits per heavy atom. The van der Waals surface area contributed by atoms with E-state index in [1.54, 1.807) is 88.7 Å². The van der Waals surface area contributed by atoms with Crippen LogP contribution in [-0.2, 0) is 0 Å². The number of likely N-dealkylation sites (tertiary alicyclic amines) is 2. The molecule has 21 nitrogen and oxygen atoms in total. The summed E-state index contributed by atoms with van der Waals surface area (Å²) in [4.78, 5) is 59.4. The van der Waals surface area contributed by atoms with Crippen LogP contribution in [0.4, 0.5) is 28.9 Å². The SMILES string of the molecule is Cc1cc(F)c(C(=O)NC2CC2)cc1-c1cnn(-c2cncc(N3CCC(N(C)C)CC3)c2)c1.Cc1cc(F)c(C(=O)NC2CC2)cc1-c1cnn(-c2cncc(N[C@@H]3CCN(C)C[C@@H]3F)c2)c1.Cc1cc(F)c(C(=O)NC2CC2)cc1-c1cnn(-c2cncc(OC[C@H]3CCN(C)C3)c2)c1. The van der Waals surface area contributed by atoms with Crippen LogP contribution in [0.25, 0.3) is 50.4 Å². The molecule has 3 aliphatic carbocycles. The Bertz CT molecular complexity index is 4460. The molecule has 3 aliphatic heterocycles. The number of alkyl halides is 1. The lowest BCUT2D eigenvalue weighted by atomic mass is 9.99. The van der Waals surface area contributed by atoms with Crippen LogP contribution in [0.1, 0.15) is 112 Å². The van der Waals surface area contributed by atoms with Gasteiger partial charge in [-0.2, -0.15) is 15.3 Å². The fourth-order valence-electron chi connectivity index (χ4n) is 13.2. The van der Waals surface area contributed by atoms with Crippen molar-refractivity contribution >= 4 is 29.1 Å². The van der Waals surface area contributed by atoms with Gasteiger partial charge < -0.3 is 45.6 Å². The molecular formula is C76H87F4N17O4. The zero-order valence-electron chi connectivity index (χ0n) is 58.1. The van der Waals surface area contributed by atoms with Crippen LogP contribution in [-0.4, -0.2) is 187 Å². The van der Waals surface area contributed by atoms with Crippen LogP contribution in [0.15, 0.2) is 129 Å². The van der Waals surface area contributed by atoms with E-state index in [1.807, 2.05) is 62.7 Å². The highest BCUT2D eigenvalue weighted by atomic mass is 19.1. The van der Waals surface area contributed by atoms with Crippen LogP contribution in [0.2, 0.25) is 0 Å². The molecule has 15 rings (SSSR count). The fraction of sp³-hybridized carbons (Fsp3) is 0.408. The average Bonchev–Trinajstić information content (AvgIpc) is 1.43. The van der Waals surface area contributed by atoms with Crippen molar-refractivity contribution in [3.8, 4) is 56.2 Å². The minimum Gasteiger partial charge on any atom is -0.492 e. The van der Waals surface area contributed by atoms with E-state index in [4.69, 9.17) is 4.74 Å². The van der Waals surface area contributed by atoms with Gasteiger partial charge in [-0.05, 0) is 202 Å². The summed E-state index contributed by atoms with van der Waals surface area (Å²) in [6.45, 7) is 11.5. The van der Waals surface area contributed by atoms with Crippen molar-refractivity contribution in [3.63, 3.8) is 0 Å². The Kier molecular flexibility index (Phi) is 21.1. The number of hydrogen-bond donors (Lipinski definition) is 4. The van der Waals surface area contributed by atoms with Crippen molar-refractivity contribution in [2.75, 3.05) is 84.3 Å². The van der Waals surface area contributed by atoms with Crippen LogP contribution >= 0.6 is 0 Å². The van der Waals surface area contributed by atoms with Gasteiger partial charge in [0.2, 0.25) is 0 Å². The first kappa shape index (κ1) is 69.6. The lowest BCUT2D eigenvalue weighted by Gasteiger charge is -2.36. The number of nitrogens with one attached hydrogen (secondary N) is 4. The minimum absolute atomic E-state index is 0.0343. The van der Waals surface area contributed by atoms with E-state index in [1.165, 1.54) is 18.2 Å². The quantitative estimate of drug-likeness (QED) is 0.0554. The van der Waals surface area contributed by atoms with Gasteiger partial charge in [-0.25, -0.2) is 31.6 Å². The largest absolute Gasteiger partial charge is 0.492 e. The predicted molar refractivity (Wildman–Crippen MR) is 380 cm³/mol. The molecule has 6 fully saturated rings. The van der Waals surface area contributed by atoms with Gasteiger partial charge in [0, 0.05) is 104 Å². The number of rotatable bonds is 19. The van der Waals surface area contributed by atoms with E-state index < -0.39 is 29.5 Å². The first-order valence-corrected chi connectivity index (χ1v) is 34.9. The number of benzene rings is 3. The Morgan fingerprint density at radius 1 is 0.495 bits per heavy atom. The summed E-state index contributed by atoms with van der Waals surface area (Å²) in [5.74, 6) is -1.42. The Labute approximate surface area is 585 Å². The molecule has 3 atom stereocenters. The van der Waals surface area contributed by atoms with Gasteiger partial charge in [0.15, 0.2) is 0 Å².